The van der Waals surface area contributed by atoms with Crippen molar-refractivity contribution in [2.75, 3.05) is 7.11 Å². The minimum atomic E-state index is -0.376. The van der Waals surface area contributed by atoms with Crippen LogP contribution in [-0.2, 0) is 9.53 Å². The van der Waals surface area contributed by atoms with Crippen LogP contribution in [0.25, 0.3) is 0 Å². The Morgan fingerprint density at radius 1 is 1.23 bits per heavy atom. The lowest BCUT2D eigenvalue weighted by molar-refractivity contribution is -0.136. The summed E-state index contributed by atoms with van der Waals surface area (Å²) < 4.78 is 4.60. The van der Waals surface area contributed by atoms with Gasteiger partial charge in [0.25, 0.3) is 0 Å². The van der Waals surface area contributed by atoms with Crippen molar-refractivity contribution in [3.8, 4) is 0 Å². The molecule has 13 heavy (non-hydrogen) atoms. The summed E-state index contributed by atoms with van der Waals surface area (Å²) in [5.41, 5.74) is 0.474. The van der Waals surface area contributed by atoms with Gasteiger partial charge in [0.1, 0.15) is 5.76 Å². The van der Waals surface area contributed by atoms with Crippen LogP contribution in [0, 0.1) is 0 Å². The predicted molar refractivity (Wildman–Crippen MR) is 49.4 cm³/mol. The van der Waals surface area contributed by atoms with Crippen LogP contribution in [0.2, 0.25) is 0 Å². The van der Waals surface area contributed by atoms with Gasteiger partial charge in [-0.3, -0.25) is 0 Å². The Bertz CT molecular complexity index is 218. The van der Waals surface area contributed by atoms with Crippen molar-refractivity contribution in [2.24, 2.45) is 0 Å². The van der Waals surface area contributed by atoms with E-state index in [0.29, 0.717) is 18.4 Å². The van der Waals surface area contributed by atoms with Crippen LogP contribution in [0.4, 0.5) is 0 Å². The lowest BCUT2D eigenvalue weighted by Gasteiger charge is -2.12. The molecule has 0 aromatic rings. The Hall–Kier alpha value is -0.990. The lowest BCUT2D eigenvalue weighted by Crippen LogP contribution is -2.09. The highest BCUT2D eigenvalue weighted by molar-refractivity contribution is 5.88. The molecule has 1 aliphatic rings. The van der Waals surface area contributed by atoms with E-state index in [9.17, 15) is 9.90 Å². The van der Waals surface area contributed by atoms with Gasteiger partial charge in [0.05, 0.1) is 12.7 Å². The van der Waals surface area contributed by atoms with Gasteiger partial charge in [-0.15, -0.1) is 0 Å². The average Bonchev–Trinajstić information content (AvgIpc) is 2.11. The number of carbonyl (C=O) groups is 1. The fourth-order valence-electron chi connectivity index (χ4n) is 1.59. The number of hydrogen-bond acceptors (Lipinski definition) is 3. The van der Waals surface area contributed by atoms with Gasteiger partial charge in [-0.2, -0.15) is 0 Å². The summed E-state index contributed by atoms with van der Waals surface area (Å²) in [5.74, 6) is -0.147. The second-order valence-corrected chi connectivity index (χ2v) is 3.33. The summed E-state index contributed by atoms with van der Waals surface area (Å²) >= 11 is 0. The molecule has 74 valence electrons. The summed E-state index contributed by atoms with van der Waals surface area (Å²) in [4.78, 5) is 11.2. The minimum Gasteiger partial charge on any atom is -0.512 e. The monoisotopic (exact) mass is 184 g/mol. The molecule has 0 saturated heterocycles. The van der Waals surface area contributed by atoms with E-state index in [1.165, 1.54) is 7.11 Å². The molecule has 3 heteroatoms. The molecule has 1 aliphatic carbocycles. The van der Waals surface area contributed by atoms with Crippen LogP contribution < -0.4 is 0 Å². The van der Waals surface area contributed by atoms with Crippen LogP contribution in [0.1, 0.15) is 38.5 Å². The highest BCUT2D eigenvalue weighted by Gasteiger charge is 2.16. The second kappa shape index (κ2) is 4.90. The lowest BCUT2D eigenvalue weighted by atomic mass is 9.99. The molecule has 0 aromatic carbocycles. The van der Waals surface area contributed by atoms with Crippen molar-refractivity contribution < 1.29 is 14.6 Å². The minimum absolute atomic E-state index is 0.228. The first kappa shape index (κ1) is 10.1. The third-order valence-electron chi connectivity index (χ3n) is 2.37. The normalized spacial score (nSPS) is 24.7. The molecule has 0 amide bonds. The van der Waals surface area contributed by atoms with Crippen molar-refractivity contribution in [3.05, 3.63) is 11.3 Å². The first-order chi connectivity index (χ1) is 6.25. The first-order valence-electron chi connectivity index (χ1n) is 4.75. The third-order valence-corrected chi connectivity index (χ3v) is 2.37. The number of esters is 1. The Labute approximate surface area is 78.4 Å². The molecule has 0 radical (unpaired) electrons. The molecular weight excluding hydrogens is 168 g/mol. The molecule has 0 heterocycles. The van der Waals surface area contributed by atoms with Gasteiger partial charge < -0.3 is 9.84 Å². The molecule has 1 N–H and O–H groups in total. The second-order valence-electron chi connectivity index (χ2n) is 3.33. The molecule has 0 unspecified atom stereocenters. The van der Waals surface area contributed by atoms with Crippen molar-refractivity contribution in [1.82, 2.24) is 0 Å². The van der Waals surface area contributed by atoms with E-state index in [2.05, 4.69) is 4.74 Å². The van der Waals surface area contributed by atoms with Crippen molar-refractivity contribution in [1.29, 1.82) is 0 Å². The number of hydrogen-bond donors (Lipinski definition) is 1. The van der Waals surface area contributed by atoms with Crippen molar-refractivity contribution in [3.63, 3.8) is 0 Å². The molecule has 0 aromatic heterocycles. The zero-order valence-corrected chi connectivity index (χ0v) is 8.01. The van der Waals surface area contributed by atoms with Crippen LogP contribution >= 0.6 is 0 Å². The Morgan fingerprint density at radius 3 is 2.46 bits per heavy atom. The van der Waals surface area contributed by atoms with Crippen LogP contribution in [0.3, 0.4) is 0 Å². The van der Waals surface area contributed by atoms with Crippen molar-refractivity contribution in [2.45, 2.75) is 38.5 Å². The smallest absolute Gasteiger partial charge is 0.337 e. The van der Waals surface area contributed by atoms with E-state index in [1.54, 1.807) is 0 Å². The molecule has 0 spiro atoms. The maximum atomic E-state index is 11.2. The maximum absolute atomic E-state index is 11.2. The Kier molecular flexibility index (Phi) is 3.80. The number of methoxy groups -OCH3 is 1. The zero-order chi connectivity index (χ0) is 9.68. The van der Waals surface area contributed by atoms with E-state index < -0.39 is 0 Å². The van der Waals surface area contributed by atoms with Gasteiger partial charge in [-0.1, -0.05) is 12.8 Å². The van der Waals surface area contributed by atoms with Crippen LogP contribution in [-0.4, -0.2) is 18.2 Å². The fourth-order valence-corrected chi connectivity index (χ4v) is 1.59. The number of aliphatic hydroxyl groups is 1. The quantitative estimate of drug-likeness (QED) is 0.636. The van der Waals surface area contributed by atoms with Gasteiger partial charge in [0, 0.05) is 6.42 Å². The Balaban J connectivity index is 2.73. The number of ether oxygens (including phenoxy) is 1. The molecule has 0 aliphatic heterocycles. The number of allylic oxidation sites excluding steroid dienone is 1. The van der Waals surface area contributed by atoms with E-state index >= 15 is 0 Å². The summed E-state index contributed by atoms with van der Waals surface area (Å²) in [6.45, 7) is 0. The SMILES string of the molecule is COC(=O)/C1=C(\O)CCCCCC1. The van der Waals surface area contributed by atoms with E-state index in [4.69, 9.17) is 0 Å². The molecule has 1 rings (SSSR count). The zero-order valence-electron chi connectivity index (χ0n) is 8.01. The van der Waals surface area contributed by atoms with Gasteiger partial charge in [-0.05, 0) is 19.3 Å². The molecule has 0 saturated carbocycles. The number of carbonyl (C=O) groups excluding carboxylic acids is 1. The van der Waals surface area contributed by atoms with E-state index in [0.717, 1.165) is 25.7 Å². The van der Waals surface area contributed by atoms with Crippen molar-refractivity contribution >= 4 is 5.97 Å². The highest BCUT2D eigenvalue weighted by Crippen LogP contribution is 2.22. The summed E-state index contributed by atoms with van der Waals surface area (Å²) in [6.07, 6.45) is 5.47. The first-order valence-corrected chi connectivity index (χ1v) is 4.75. The fraction of sp³-hybridized carbons (Fsp3) is 0.700. The van der Waals surface area contributed by atoms with Crippen LogP contribution in [0.15, 0.2) is 11.3 Å². The average molecular weight is 184 g/mol. The topological polar surface area (TPSA) is 46.5 Å². The van der Waals surface area contributed by atoms with E-state index in [-0.39, 0.29) is 11.7 Å². The highest BCUT2D eigenvalue weighted by atomic mass is 16.5. The molecule has 0 fully saturated rings. The van der Waals surface area contributed by atoms with Gasteiger partial charge >= 0.3 is 5.97 Å². The third kappa shape index (κ3) is 2.76. The summed E-state index contributed by atoms with van der Waals surface area (Å²) in [6, 6.07) is 0. The summed E-state index contributed by atoms with van der Waals surface area (Å²) in [7, 11) is 1.35. The Morgan fingerprint density at radius 2 is 1.85 bits per heavy atom. The van der Waals surface area contributed by atoms with Gasteiger partial charge in [0.15, 0.2) is 0 Å². The molecular formula is C10H16O3. The van der Waals surface area contributed by atoms with E-state index in [1.807, 2.05) is 0 Å². The molecule has 0 atom stereocenters. The number of rotatable bonds is 1. The standard InChI is InChI=1S/C10H16O3/c1-13-10(12)8-6-4-2-3-5-7-9(8)11/h11H,2-7H2,1H3/b9-8-. The van der Waals surface area contributed by atoms with Gasteiger partial charge in [-0.25, -0.2) is 4.79 Å². The number of aliphatic hydroxyl groups excluding tert-OH is 1. The summed E-state index contributed by atoms with van der Waals surface area (Å²) in [5, 5.41) is 9.55. The van der Waals surface area contributed by atoms with Crippen LogP contribution in [0.5, 0.6) is 0 Å². The largest absolute Gasteiger partial charge is 0.512 e. The molecule has 3 nitrogen and oxygen atoms in total. The van der Waals surface area contributed by atoms with Gasteiger partial charge in [0.2, 0.25) is 0 Å². The predicted octanol–water partition coefficient (Wildman–Crippen LogP) is 2.33. The maximum Gasteiger partial charge on any atom is 0.337 e. The molecule has 0 bridgehead atoms.